The summed E-state index contributed by atoms with van der Waals surface area (Å²) < 4.78 is 43.4. The Kier molecular flexibility index (Phi) is 10.7. The average Bonchev–Trinajstić information content (AvgIpc) is 3.26. The monoisotopic (exact) mass is 531 g/mol. The number of rotatable bonds is 8. The van der Waals surface area contributed by atoms with E-state index in [1.54, 1.807) is 6.92 Å². The third-order valence-electron chi connectivity index (χ3n) is 4.84. The topological polar surface area (TPSA) is 56.9 Å². The molecule has 1 aliphatic heterocycles. The van der Waals surface area contributed by atoms with Crippen molar-refractivity contribution >= 4 is 29.9 Å². The summed E-state index contributed by atoms with van der Waals surface area (Å²) in [4.78, 5) is 8.23. The van der Waals surface area contributed by atoms with Crippen LogP contribution in [0.3, 0.4) is 0 Å². The molecule has 0 radical (unpaired) electrons. The predicted octanol–water partition coefficient (Wildman–Crippen LogP) is 4.09. The van der Waals surface area contributed by atoms with Gasteiger partial charge in [0.2, 0.25) is 0 Å². The van der Waals surface area contributed by atoms with Crippen molar-refractivity contribution in [2.75, 3.05) is 39.3 Å². The van der Waals surface area contributed by atoms with Crippen LogP contribution in [0.5, 0.6) is 0 Å². The summed E-state index contributed by atoms with van der Waals surface area (Å²) in [7, 11) is 0. The van der Waals surface area contributed by atoms with Crippen molar-refractivity contribution in [2.45, 2.75) is 52.8 Å². The van der Waals surface area contributed by atoms with Gasteiger partial charge in [0.05, 0.1) is 12.2 Å². The summed E-state index contributed by atoms with van der Waals surface area (Å²) in [5.74, 6) is 1.97. The number of aromatic nitrogens is 1. The summed E-state index contributed by atoms with van der Waals surface area (Å²) >= 11 is 0. The Hall–Kier alpha value is -1.04. The van der Waals surface area contributed by atoms with Gasteiger partial charge in [-0.05, 0) is 31.7 Å². The number of alkyl halides is 3. The number of nitrogens with zero attached hydrogens (tertiary/aromatic N) is 4. The molecule has 1 saturated heterocycles. The van der Waals surface area contributed by atoms with Gasteiger partial charge in [0.15, 0.2) is 11.7 Å². The van der Waals surface area contributed by atoms with E-state index in [1.807, 2.05) is 13.0 Å². The van der Waals surface area contributed by atoms with Crippen LogP contribution in [0, 0.1) is 5.92 Å². The van der Waals surface area contributed by atoms with Crippen LogP contribution in [0.15, 0.2) is 15.6 Å². The van der Waals surface area contributed by atoms with Crippen LogP contribution in [0.4, 0.5) is 13.2 Å². The van der Waals surface area contributed by atoms with Crippen LogP contribution in [-0.2, 0) is 6.54 Å². The highest BCUT2D eigenvalue weighted by molar-refractivity contribution is 14.0. The molecule has 0 spiro atoms. The number of hydrogen-bond acceptors (Lipinski definition) is 4. The van der Waals surface area contributed by atoms with Crippen molar-refractivity contribution in [1.29, 1.82) is 0 Å². The zero-order valence-corrected chi connectivity index (χ0v) is 20.0. The molecule has 0 bridgehead atoms. The van der Waals surface area contributed by atoms with E-state index in [0.29, 0.717) is 37.9 Å². The van der Waals surface area contributed by atoms with Crippen molar-refractivity contribution in [3.8, 4) is 0 Å². The van der Waals surface area contributed by atoms with Crippen LogP contribution < -0.4 is 5.32 Å². The van der Waals surface area contributed by atoms with Gasteiger partial charge in [-0.25, -0.2) is 4.99 Å². The van der Waals surface area contributed by atoms with Gasteiger partial charge in [-0.2, -0.15) is 13.2 Å². The molecule has 2 heterocycles. The Morgan fingerprint density at radius 3 is 2.69 bits per heavy atom. The minimum Gasteiger partial charge on any atom is -0.359 e. The van der Waals surface area contributed by atoms with Crippen LogP contribution in [-0.4, -0.2) is 66.4 Å². The van der Waals surface area contributed by atoms with Crippen molar-refractivity contribution in [3.63, 3.8) is 0 Å². The summed E-state index contributed by atoms with van der Waals surface area (Å²) in [6, 6.07) is 1.92. The first-order valence-corrected chi connectivity index (χ1v) is 9.99. The maximum Gasteiger partial charge on any atom is 0.401 e. The molecule has 1 unspecified atom stereocenters. The Balaban J connectivity index is 0.00000420. The van der Waals surface area contributed by atoms with Crippen molar-refractivity contribution in [3.05, 3.63) is 17.5 Å². The highest BCUT2D eigenvalue weighted by Crippen LogP contribution is 2.22. The molecule has 168 valence electrons. The molecule has 0 amide bonds. The smallest absolute Gasteiger partial charge is 0.359 e. The van der Waals surface area contributed by atoms with Gasteiger partial charge < -0.3 is 14.7 Å². The van der Waals surface area contributed by atoms with Gasteiger partial charge in [-0.3, -0.25) is 4.90 Å². The van der Waals surface area contributed by atoms with Crippen LogP contribution >= 0.6 is 24.0 Å². The minimum absolute atomic E-state index is 0. The summed E-state index contributed by atoms with van der Waals surface area (Å²) in [5, 5.41) is 7.32. The molecule has 29 heavy (non-hydrogen) atoms. The Labute approximate surface area is 188 Å². The standard InChI is InChI=1S/C19H32F3N5O.HI/c1-5-23-18(24-10-16-9-17(14(3)4)25-28-16)27-8-7-15(12-27)11-26(6-2)13-19(20,21)22;/h9,14-15H,5-8,10-13H2,1-4H3,(H,23,24);1H. The molecule has 1 N–H and O–H groups in total. The van der Waals surface area contributed by atoms with E-state index in [4.69, 9.17) is 4.52 Å². The lowest BCUT2D eigenvalue weighted by Gasteiger charge is -2.26. The molecule has 1 atom stereocenters. The maximum absolute atomic E-state index is 12.7. The van der Waals surface area contributed by atoms with E-state index in [2.05, 4.69) is 34.2 Å². The second-order valence-corrected chi connectivity index (χ2v) is 7.59. The lowest BCUT2D eigenvalue weighted by molar-refractivity contribution is -0.146. The Bertz CT molecular complexity index is 636. The average molecular weight is 531 g/mol. The highest BCUT2D eigenvalue weighted by Gasteiger charge is 2.33. The Morgan fingerprint density at radius 1 is 1.41 bits per heavy atom. The molecule has 1 aliphatic rings. The number of nitrogens with one attached hydrogen (secondary N) is 1. The fourth-order valence-corrected chi connectivity index (χ4v) is 3.35. The molecular formula is C19H33F3IN5O. The largest absolute Gasteiger partial charge is 0.401 e. The molecule has 2 rings (SSSR count). The van der Waals surface area contributed by atoms with Gasteiger partial charge in [-0.15, -0.1) is 24.0 Å². The lowest BCUT2D eigenvalue weighted by Crippen LogP contribution is -2.41. The molecule has 6 nitrogen and oxygen atoms in total. The molecule has 1 aromatic heterocycles. The molecule has 10 heteroatoms. The van der Waals surface area contributed by atoms with E-state index in [1.165, 1.54) is 4.90 Å². The molecular weight excluding hydrogens is 498 g/mol. The van der Waals surface area contributed by atoms with E-state index in [0.717, 1.165) is 31.2 Å². The van der Waals surface area contributed by atoms with Crippen LogP contribution in [0.2, 0.25) is 0 Å². The van der Waals surface area contributed by atoms with Crippen molar-refractivity contribution < 1.29 is 17.7 Å². The summed E-state index contributed by atoms with van der Waals surface area (Å²) in [5.41, 5.74) is 0.903. The van der Waals surface area contributed by atoms with E-state index in [9.17, 15) is 13.2 Å². The van der Waals surface area contributed by atoms with Crippen LogP contribution in [0.25, 0.3) is 0 Å². The first-order valence-electron chi connectivity index (χ1n) is 9.99. The van der Waals surface area contributed by atoms with Gasteiger partial charge in [0, 0.05) is 32.2 Å². The highest BCUT2D eigenvalue weighted by atomic mass is 127. The first-order chi connectivity index (χ1) is 13.2. The summed E-state index contributed by atoms with van der Waals surface area (Å²) in [6.45, 7) is 10.5. The number of likely N-dealkylation sites (tertiary alicyclic amines) is 1. The predicted molar refractivity (Wildman–Crippen MR) is 119 cm³/mol. The number of guanidine groups is 1. The minimum atomic E-state index is -4.16. The third kappa shape index (κ3) is 8.69. The molecule has 1 fully saturated rings. The zero-order valence-electron chi connectivity index (χ0n) is 17.6. The first kappa shape index (κ1) is 26.0. The van der Waals surface area contributed by atoms with Crippen LogP contribution in [0.1, 0.15) is 51.5 Å². The van der Waals surface area contributed by atoms with Crippen molar-refractivity contribution in [2.24, 2.45) is 10.9 Å². The quantitative estimate of drug-likeness (QED) is 0.311. The normalized spacial score (nSPS) is 17.9. The number of halogens is 4. The van der Waals surface area contributed by atoms with Gasteiger partial charge in [0.1, 0.15) is 6.54 Å². The lowest BCUT2D eigenvalue weighted by atomic mass is 10.1. The SMILES string of the molecule is CCNC(=NCc1cc(C(C)C)no1)N1CCC(CN(CC)CC(F)(F)F)C1.I. The number of hydrogen-bond donors (Lipinski definition) is 1. The maximum atomic E-state index is 12.7. The second kappa shape index (κ2) is 12.0. The number of aliphatic imine (C=N–C) groups is 1. The van der Waals surface area contributed by atoms with Gasteiger partial charge in [-0.1, -0.05) is 25.9 Å². The van der Waals surface area contributed by atoms with Gasteiger partial charge >= 0.3 is 6.18 Å². The molecule has 0 aliphatic carbocycles. The van der Waals surface area contributed by atoms with E-state index < -0.39 is 12.7 Å². The fourth-order valence-electron chi connectivity index (χ4n) is 3.35. The zero-order chi connectivity index (χ0) is 20.7. The Morgan fingerprint density at radius 2 is 2.14 bits per heavy atom. The fraction of sp³-hybridized carbons (Fsp3) is 0.789. The van der Waals surface area contributed by atoms with Gasteiger partial charge in [0.25, 0.3) is 0 Å². The third-order valence-corrected chi connectivity index (χ3v) is 4.84. The molecule has 0 aromatic carbocycles. The summed E-state index contributed by atoms with van der Waals surface area (Å²) in [6.07, 6.45) is -3.30. The molecule has 1 aromatic rings. The van der Waals surface area contributed by atoms with E-state index >= 15 is 0 Å². The van der Waals surface area contributed by atoms with Crippen molar-refractivity contribution in [1.82, 2.24) is 20.3 Å². The molecule has 0 saturated carbocycles. The van der Waals surface area contributed by atoms with E-state index in [-0.39, 0.29) is 29.9 Å². The second-order valence-electron chi connectivity index (χ2n) is 7.59.